The average Bonchev–Trinajstić information content (AvgIpc) is 2.88. The van der Waals surface area contributed by atoms with Crippen LogP contribution in [0, 0.1) is 0 Å². The van der Waals surface area contributed by atoms with E-state index >= 15 is 0 Å². The molecule has 0 spiro atoms. The number of hydrogen-bond donors (Lipinski definition) is 1. The Labute approximate surface area is 120 Å². The Morgan fingerprint density at radius 1 is 1.50 bits per heavy atom. The fraction of sp³-hybridized carbons (Fsp3) is 0.750. The minimum atomic E-state index is -3.35. The van der Waals surface area contributed by atoms with Gasteiger partial charge in [-0.15, -0.1) is 0 Å². The van der Waals surface area contributed by atoms with Crippen molar-refractivity contribution in [3.8, 4) is 0 Å². The van der Waals surface area contributed by atoms with E-state index in [-0.39, 0.29) is 12.5 Å². The summed E-state index contributed by atoms with van der Waals surface area (Å²) in [6, 6.07) is 1.91. The molecule has 0 aliphatic carbocycles. The molecular formula is C12H22N4O3S. The largest absolute Gasteiger partial charge is 0.394 e. The van der Waals surface area contributed by atoms with Crippen LogP contribution in [0.1, 0.15) is 24.5 Å². The molecule has 1 fully saturated rings. The van der Waals surface area contributed by atoms with Crippen LogP contribution in [0.25, 0.3) is 0 Å². The van der Waals surface area contributed by atoms with Gasteiger partial charge in [0.2, 0.25) is 0 Å². The van der Waals surface area contributed by atoms with Crippen molar-refractivity contribution in [3.63, 3.8) is 0 Å². The maximum Gasteiger partial charge on any atom is 0.281 e. The molecule has 2 heterocycles. The van der Waals surface area contributed by atoms with Crippen LogP contribution in [-0.4, -0.2) is 65.7 Å². The zero-order valence-corrected chi connectivity index (χ0v) is 12.8. The van der Waals surface area contributed by atoms with E-state index in [1.165, 1.54) is 8.61 Å². The van der Waals surface area contributed by atoms with E-state index in [4.69, 9.17) is 5.11 Å². The maximum atomic E-state index is 12.2. The first kappa shape index (κ1) is 15.4. The van der Waals surface area contributed by atoms with Gasteiger partial charge >= 0.3 is 0 Å². The second-order valence-electron chi connectivity index (χ2n) is 5.21. The van der Waals surface area contributed by atoms with Gasteiger partial charge in [0.1, 0.15) is 0 Å². The van der Waals surface area contributed by atoms with Gasteiger partial charge in [-0.2, -0.15) is 22.1 Å². The molecule has 1 aliphatic rings. The van der Waals surface area contributed by atoms with E-state index in [1.54, 1.807) is 18.8 Å². The van der Waals surface area contributed by atoms with Gasteiger partial charge in [0.05, 0.1) is 18.8 Å². The molecule has 1 aromatic rings. The molecular weight excluding hydrogens is 280 g/mol. The Kier molecular flexibility index (Phi) is 4.79. The molecule has 20 heavy (non-hydrogen) atoms. The van der Waals surface area contributed by atoms with Gasteiger partial charge in [-0.05, 0) is 18.9 Å². The van der Waals surface area contributed by atoms with Crippen LogP contribution in [-0.2, 0) is 16.8 Å². The average molecular weight is 302 g/mol. The van der Waals surface area contributed by atoms with Crippen LogP contribution in [0.4, 0.5) is 0 Å². The van der Waals surface area contributed by atoms with Crippen molar-refractivity contribution in [2.24, 2.45) is 0 Å². The Bertz CT molecular complexity index is 541. The third-order valence-corrected chi connectivity index (χ3v) is 5.49. The van der Waals surface area contributed by atoms with Crippen molar-refractivity contribution >= 4 is 10.2 Å². The molecule has 1 aliphatic heterocycles. The number of aliphatic hydroxyl groups excluding tert-OH is 1. The fourth-order valence-corrected chi connectivity index (χ4v) is 3.64. The second-order valence-corrected chi connectivity index (χ2v) is 7.36. The van der Waals surface area contributed by atoms with Crippen LogP contribution in [0.15, 0.2) is 12.3 Å². The quantitative estimate of drug-likeness (QED) is 0.821. The van der Waals surface area contributed by atoms with E-state index in [2.05, 4.69) is 5.10 Å². The predicted molar refractivity (Wildman–Crippen MR) is 75.5 cm³/mol. The molecule has 1 atom stereocenters. The lowest BCUT2D eigenvalue weighted by Gasteiger charge is -2.32. The highest BCUT2D eigenvalue weighted by Crippen LogP contribution is 2.27. The summed E-state index contributed by atoms with van der Waals surface area (Å²) >= 11 is 0. The molecule has 1 N–H and O–H groups in total. The topological polar surface area (TPSA) is 78.7 Å². The highest BCUT2D eigenvalue weighted by molar-refractivity contribution is 7.86. The third kappa shape index (κ3) is 3.20. The minimum Gasteiger partial charge on any atom is -0.394 e. The molecule has 114 valence electrons. The van der Waals surface area contributed by atoms with Gasteiger partial charge in [-0.25, -0.2) is 0 Å². The summed E-state index contributed by atoms with van der Waals surface area (Å²) in [6.07, 6.45) is 3.60. The van der Waals surface area contributed by atoms with Crippen LogP contribution in [0.5, 0.6) is 0 Å². The number of hydrogen-bond acceptors (Lipinski definition) is 4. The number of piperidine rings is 1. The molecule has 0 radical (unpaired) electrons. The van der Waals surface area contributed by atoms with E-state index < -0.39 is 10.2 Å². The van der Waals surface area contributed by atoms with Crippen LogP contribution < -0.4 is 0 Å². The van der Waals surface area contributed by atoms with E-state index in [0.29, 0.717) is 19.6 Å². The number of aliphatic hydroxyl groups is 1. The summed E-state index contributed by atoms with van der Waals surface area (Å²) in [6.45, 7) is 1.55. The van der Waals surface area contributed by atoms with Gasteiger partial charge in [-0.3, -0.25) is 4.68 Å². The summed E-state index contributed by atoms with van der Waals surface area (Å²) < 4.78 is 28.8. The normalized spacial score (nSPS) is 21.5. The van der Waals surface area contributed by atoms with Gasteiger partial charge in [0, 0.05) is 39.3 Å². The Balaban J connectivity index is 2.10. The maximum absolute atomic E-state index is 12.2. The Morgan fingerprint density at radius 2 is 2.25 bits per heavy atom. The standard InChI is InChI=1S/C12H22N4O3S/c1-14(2)20(18,19)16-6-3-4-11(10-16)12-5-7-15(13-12)8-9-17/h5,7,11,17H,3-4,6,8-10H2,1-2H3. The number of aromatic nitrogens is 2. The fourth-order valence-electron chi connectivity index (χ4n) is 2.45. The molecule has 0 saturated carbocycles. The number of nitrogens with zero attached hydrogens (tertiary/aromatic N) is 4. The van der Waals surface area contributed by atoms with Gasteiger partial charge < -0.3 is 5.11 Å². The number of rotatable bonds is 5. The third-order valence-electron chi connectivity index (χ3n) is 3.58. The monoisotopic (exact) mass is 302 g/mol. The molecule has 2 rings (SSSR count). The predicted octanol–water partition coefficient (Wildman–Crippen LogP) is -0.139. The lowest BCUT2D eigenvalue weighted by molar-refractivity contribution is 0.267. The Hall–Kier alpha value is -0.960. The highest BCUT2D eigenvalue weighted by atomic mass is 32.2. The van der Waals surface area contributed by atoms with Gasteiger partial charge in [0.25, 0.3) is 10.2 Å². The lowest BCUT2D eigenvalue weighted by atomic mass is 9.96. The summed E-state index contributed by atoms with van der Waals surface area (Å²) in [5, 5.41) is 13.3. The summed E-state index contributed by atoms with van der Waals surface area (Å²) in [4.78, 5) is 0. The van der Waals surface area contributed by atoms with Crippen molar-refractivity contribution in [1.29, 1.82) is 0 Å². The molecule has 1 unspecified atom stereocenters. The first-order chi connectivity index (χ1) is 9.45. The molecule has 0 aromatic carbocycles. The summed E-state index contributed by atoms with van der Waals surface area (Å²) in [7, 11) is -0.251. The van der Waals surface area contributed by atoms with Gasteiger partial charge in [-0.1, -0.05) is 0 Å². The SMILES string of the molecule is CN(C)S(=O)(=O)N1CCCC(c2ccn(CCO)n2)C1. The first-order valence-corrected chi connectivity index (χ1v) is 8.16. The van der Waals surface area contributed by atoms with Gasteiger partial charge in [0.15, 0.2) is 0 Å². The second kappa shape index (κ2) is 6.21. The summed E-state index contributed by atoms with van der Waals surface area (Å²) in [5.41, 5.74) is 0.900. The van der Waals surface area contributed by atoms with Crippen LogP contribution in [0.3, 0.4) is 0 Å². The highest BCUT2D eigenvalue weighted by Gasteiger charge is 2.31. The zero-order chi connectivity index (χ0) is 14.8. The molecule has 7 nitrogen and oxygen atoms in total. The van der Waals surface area contributed by atoms with Crippen molar-refractivity contribution < 1.29 is 13.5 Å². The summed E-state index contributed by atoms with van der Waals surface area (Å²) in [5.74, 6) is 0.124. The molecule has 8 heteroatoms. The molecule has 0 amide bonds. The lowest BCUT2D eigenvalue weighted by Crippen LogP contribution is -2.44. The van der Waals surface area contributed by atoms with Crippen molar-refractivity contribution in [2.75, 3.05) is 33.8 Å². The Morgan fingerprint density at radius 3 is 2.90 bits per heavy atom. The molecule has 1 saturated heterocycles. The van der Waals surface area contributed by atoms with E-state index in [0.717, 1.165) is 18.5 Å². The van der Waals surface area contributed by atoms with E-state index in [9.17, 15) is 8.42 Å². The van der Waals surface area contributed by atoms with Crippen molar-refractivity contribution in [3.05, 3.63) is 18.0 Å². The van der Waals surface area contributed by atoms with Crippen LogP contribution in [0.2, 0.25) is 0 Å². The van der Waals surface area contributed by atoms with Crippen molar-refractivity contribution in [2.45, 2.75) is 25.3 Å². The van der Waals surface area contributed by atoms with Crippen LogP contribution >= 0.6 is 0 Å². The van der Waals surface area contributed by atoms with E-state index in [1.807, 2.05) is 12.3 Å². The molecule has 1 aromatic heterocycles. The molecule has 0 bridgehead atoms. The minimum absolute atomic E-state index is 0.0485. The first-order valence-electron chi connectivity index (χ1n) is 6.77. The smallest absolute Gasteiger partial charge is 0.281 e. The zero-order valence-electron chi connectivity index (χ0n) is 11.9. The van der Waals surface area contributed by atoms with Crippen molar-refractivity contribution in [1.82, 2.24) is 18.4 Å².